The maximum absolute atomic E-state index is 2.31. The molecule has 1 aromatic carbocycles. The molecule has 0 spiro atoms. The van der Waals surface area contributed by atoms with Gasteiger partial charge in [-0.15, -0.1) is 0 Å². The zero-order valence-electron chi connectivity index (χ0n) is 9.08. The minimum absolute atomic E-state index is 1.17. The maximum Gasteiger partial charge on any atom is -0.0244 e. The third kappa shape index (κ3) is 4.86. The third-order valence-corrected chi connectivity index (χ3v) is 2.33. The van der Waals surface area contributed by atoms with Crippen LogP contribution in [0.1, 0.15) is 38.2 Å². The number of hydrogen-bond acceptors (Lipinski definition) is 0. The Morgan fingerprint density at radius 2 is 1.71 bits per heavy atom. The molecule has 0 aliphatic carbocycles. The SMILES string of the molecule is CCCC/C=C/CCc1ccccc1. The summed E-state index contributed by atoms with van der Waals surface area (Å²) in [5, 5.41) is 0. The molecule has 0 heteroatoms. The molecular weight excluding hydrogens is 168 g/mol. The summed E-state index contributed by atoms with van der Waals surface area (Å²) in [6.45, 7) is 2.23. The highest BCUT2D eigenvalue weighted by atomic mass is 13.9. The second-order valence-corrected chi connectivity index (χ2v) is 3.64. The van der Waals surface area contributed by atoms with Crippen molar-refractivity contribution in [1.82, 2.24) is 0 Å². The van der Waals surface area contributed by atoms with Crippen LogP contribution in [0.15, 0.2) is 42.5 Å². The Labute approximate surface area is 87.7 Å². The minimum Gasteiger partial charge on any atom is -0.0885 e. The summed E-state index contributed by atoms with van der Waals surface area (Å²) in [4.78, 5) is 0. The first-order valence-corrected chi connectivity index (χ1v) is 5.62. The van der Waals surface area contributed by atoms with E-state index in [1.54, 1.807) is 0 Å². The molecule has 0 N–H and O–H groups in total. The lowest BCUT2D eigenvalue weighted by Crippen LogP contribution is -1.81. The monoisotopic (exact) mass is 188 g/mol. The molecule has 0 unspecified atom stereocenters. The summed E-state index contributed by atoms with van der Waals surface area (Å²) < 4.78 is 0. The standard InChI is InChI=1S/C14H20/c1-2-3-4-5-6-8-11-14-12-9-7-10-13-14/h5-7,9-10,12-13H,2-4,8,11H2,1H3/b6-5+. The molecule has 76 valence electrons. The summed E-state index contributed by atoms with van der Waals surface area (Å²) in [7, 11) is 0. The summed E-state index contributed by atoms with van der Waals surface area (Å²) in [6, 6.07) is 10.7. The van der Waals surface area contributed by atoms with Crippen molar-refractivity contribution in [2.24, 2.45) is 0 Å². The number of rotatable bonds is 6. The number of unbranched alkanes of at least 4 members (excludes halogenated alkanes) is 2. The van der Waals surface area contributed by atoms with Crippen LogP contribution >= 0.6 is 0 Å². The van der Waals surface area contributed by atoms with E-state index < -0.39 is 0 Å². The van der Waals surface area contributed by atoms with Gasteiger partial charge in [0.2, 0.25) is 0 Å². The highest BCUT2D eigenvalue weighted by molar-refractivity contribution is 5.15. The summed E-state index contributed by atoms with van der Waals surface area (Å²) in [6.07, 6.45) is 10.8. The molecule has 0 aromatic heterocycles. The van der Waals surface area contributed by atoms with E-state index in [0.717, 1.165) is 0 Å². The van der Waals surface area contributed by atoms with Gasteiger partial charge in [0.05, 0.1) is 0 Å². The van der Waals surface area contributed by atoms with Gasteiger partial charge in [-0.25, -0.2) is 0 Å². The Balaban J connectivity index is 2.12. The highest BCUT2D eigenvalue weighted by Gasteiger charge is 1.87. The van der Waals surface area contributed by atoms with Crippen molar-refractivity contribution in [1.29, 1.82) is 0 Å². The molecule has 0 radical (unpaired) electrons. The fraction of sp³-hybridized carbons (Fsp3) is 0.429. The van der Waals surface area contributed by atoms with Gasteiger partial charge in [0.1, 0.15) is 0 Å². The molecule has 0 fully saturated rings. The van der Waals surface area contributed by atoms with Crippen molar-refractivity contribution in [3.8, 4) is 0 Å². The third-order valence-electron chi connectivity index (χ3n) is 2.33. The van der Waals surface area contributed by atoms with Gasteiger partial charge in [-0.05, 0) is 24.8 Å². The van der Waals surface area contributed by atoms with E-state index in [-0.39, 0.29) is 0 Å². The molecule has 14 heavy (non-hydrogen) atoms. The van der Waals surface area contributed by atoms with E-state index >= 15 is 0 Å². The molecule has 0 saturated heterocycles. The Morgan fingerprint density at radius 3 is 2.43 bits per heavy atom. The van der Waals surface area contributed by atoms with E-state index in [1.807, 2.05) is 0 Å². The molecule has 0 heterocycles. The zero-order chi connectivity index (χ0) is 10.1. The minimum atomic E-state index is 1.17. The van der Waals surface area contributed by atoms with E-state index in [0.29, 0.717) is 0 Å². The van der Waals surface area contributed by atoms with Crippen LogP contribution in [-0.4, -0.2) is 0 Å². The van der Waals surface area contributed by atoms with Gasteiger partial charge in [-0.2, -0.15) is 0 Å². The van der Waals surface area contributed by atoms with Gasteiger partial charge < -0.3 is 0 Å². The first-order chi connectivity index (χ1) is 6.93. The first kappa shape index (κ1) is 11.0. The zero-order valence-corrected chi connectivity index (χ0v) is 9.08. The van der Waals surface area contributed by atoms with Crippen LogP contribution in [0, 0.1) is 0 Å². The molecule has 1 aromatic rings. The van der Waals surface area contributed by atoms with Crippen molar-refractivity contribution in [3.63, 3.8) is 0 Å². The lowest BCUT2D eigenvalue weighted by Gasteiger charge is -1.96. The smallest absolute Gasteiger partial charge is 0.0244 e. The predicted molar refractivity (Wildman–Crippen MR) is 63.4 cm³/mol. The van der Waals surface area contributed by atoms with Crippen molar-refractivity contribution in [3.05, 3.63) is 48.0 Å². The summed E-state index contributed by atoms with van der Waals surface area (Å²) in [5.41, 5.74) is 1.44. The molecule has 1 rings (SSSR count). The summed E-state index contributed by atoms with van der Waals surface area (Å²) in [5.74, 6) is 0. The quantitative estimate of drug-likeness (QED) is 0.459. The van der Waals surface area contributed by atoms with Crippen LogP contribution in [0.2, 0.25) is 0 Å². The van der Waals surface area contributed by atoms with Gasteiger partial charge in [0, 0.05) is 0 Å². The fourth-order valence-corrected chi connectivity index (χ4v) is 1.45. The Morgan fingerprint density at radius 1 is 1.00 bits per heavy atom. The lowest BCUT2D eigenvalue weighted by molar-refractivity contribution is 0.811. The van der Waals surface area contributed by atoms with E-state index in [4.69, 9.17) is 0 Å². The second-order valence-electron chi connectivity index (χ2n) is 3.64. The van der Waals surface area contributed by atoms with Crippen molar-refractivity contribution in [2.75, 3.05) is 0 Å². The van der Waals surface area contributed by atoms with Gasteiger partial charge >= 0.3 is 0 Å². The van der Waals surface area contributed by atoms with E-state index in [9.17, 15) is 0 Å². The predicted octanol–water partition coefficient (Wildman–Crippen LogP) is 4.37. The fourth-order valence-electron chi connectivity index (χ4n) is 1.45. The largest absolute Gasteiger partial charge is 0.0885 e. The van der Waals surface area contributed by atoms with Gasteiger partial charge in [0.25, 0.3) is 0 Å². The molecule has 0 atom stereocenters. The summed E-state index contributed by atoms with van der Waals surface area (Å²) >= 11 is 0. The van der Waals surface area contributed by atoms with Gasteiger partial charge in [-0.3, -0.25) is 0 Å². The molecule has 0 aliphatic rings. The van der Waals surface area contributed by atoms with Crippen LogP contribution in [0.3, 0.4) is 0 Å². The molecule has 0 saturated carbocycles. The van der Waals surface area contributed by atoms with Crippen LogP contribution in [0.25, 0.3) is 0 Å². The number of benzene rings is 1. The molecular formula is C14H20. The Kier molecular flexibility index (Phi) is 5.81. The van der Waals surface area contributed by atoms with E-state index in [2.05, 4.69) is 49.4 Å². The first-order valence-electron chi connectivity index (χ1n) is 5.62. The molecule has 0 aliphatic heterocycles. The van der Waals surface area contributed by atoms with E-state index in [1.165, 1.54) is 37.7 Å². The van der Waals surface area contributed by atoms with Crippen LogP contribution in [0.5, 0.6) is 0 Å². The van der Waals surface area contributed by atoms with Crippen molar-refractivity contribution in [2.45, 2.75) is 39.0 Å². The average molecular weight is 188 g/mol. The van der Waals surface area contributed by atoms with Gasteiger partial charge in [0.15, 0.2) is 0 Å². The highest BCUT2D eigenvalue weighted by Crippen LogP contribution is 2.03. The van der Waals surface area contributed by atoms with Crippen molar-refractivity contribution < 1.29 is 0 Å². The van der Waals surface area contributed by atoms with Crippen LogP contribution in [-0.2, 0) is 6.42 Å². The Bertz CT molecular complexity index is 246. The maximum atomic E-state index is 2.31. The normalized spacial score (nSPS) is 10.9. The van der Waals surface area contributed by atoms with Crippen molar-refractivity contribution >= 4 is 0 Å². The lowest BCUT2D eigenvalue weighted by atomic mass is 10.1. The number of allylic oxidation sites excluding steroid dienone is 2. The molecule has 0 amide bonds. The average Bonchev–Trinajstić information content (AvgIpc) is 2.25. The number of hydrogen-bond donors (Lipinski definition) is 0. The molecule has 0 nitrogen and oxygen atoms in total. The van der Waals surface area contributed by atoms with Crippen LogP contribution in [0.4, 0.5) is 0 Å². The topological polar surface area (TPSA) is 0 Å². The van der Waals surface area contributed by atoms with Gasteiger partial charge in [-0.1, -0.05) is 62.2 Å². The molecule has 0 bridgehead atoms. The number of aryl methyl sites for hydroxylation is 1. The Hall–Kier alpha value is -1.04. The van der Waals surface area contributed by atoms with Crippen LogP contribution < -0.4 is 0 Å². The second kappa shape index (κ2) is 7.37.